The standard InChI is InChI=1S/C17H23N3O4/c1-17(2,3)24-16(23)20-11-9-19(10-12-20)15(22)18-14(21)13-7-5-4-6-8-13/h4-8H,9-12H2,1-3H3,(H,18,21,22). The number of rotatable bonds is 1. The number of urea groups is 1. The van der Waals surface area contributed by atoms with Crippen LogP contribution in [0.3, 0.4) is 0 Å². The van der Waals surface area contributed by atoms with Gasteiger partial charge in [0, 0.05) is 31.7 Å². The Labute approximate surface area is 141 Å². The monoisotopic (exact) mass is 333 g/mol. The fraction of sp³-hybridized carbons (Fsp3) is 0.471. The molecule has 0 aliphatic carbocycles. The summed E-state index contributed by atoms with van der Waals surface area (Å²) in [5, 5.41) is 2.36. The minimum atomic E-state index is -0.548. The maximum Gasteiger partial charge on any atom is 0.410 e. The summed E-state index contributed by atoms with van der Waals surface area (Å²) in [7, 11) is 0. The van der Waals surface area contributed by atoms with Gasteiger partial charge in [0.25, 0.3) is 5.91 Å². The first-order valence-electron chi connectivity index (χ1n) is 7.89. The van der Waals surface area contributed by atoms with Gasteiger partial charge in [-0.2, -0.15) is 0 Å². The van der Waals surface area contributed by atoms with Gasteiger partial charge in [-0.05, 0) is 32.9 Å². The quantitative estimate of drug-likeness (QED) is 0.853. The van der Waals surface area contributed by atoms with Crippen molar-refractivity contribution in [1.82, 2.24) is 15.1 Å². The fourth-order valence-corrected chi connectivity index (χ4v) is 2.26. The number of ether oxygens (including phenoxy) is 1. The highest BCUT2D eigenvalue weighted by molar-refractivity contribution is 6.04. The molecule has 0 saturated carbocycles. The highest BCUT2D eigenvalue weighted by Gasteiger charge is 2.28. The van der Waals surface area contributed by atoms with Crippen molar-refractivity contribution >= 4 is 18.0 Å². The number of amides is 4. The van der Waals surface area contributed by atoms with Gasteiger partial charge in [-0.25, -0.2) is 9.59 Å². The Morgan fingerprint density at radius 3 is 2.04 bits per heavy atom. The maximum atomic E-state index is 12.1. The third kappa shape index (κ3) is 4.97. The summed E-state index contributed by atoms with van der Waals surface area (Å²) in [5.41, 5.74) is -0.119. The number of piperazine rings is 1. The molecule has 1 aromatic rings. The van der Waals surface area contributed by atoms with E-state index in [0.29, 0.717) is 31.7 Å². The van der Waals surface area contributed by atoms with E-state index >= 15 is 0 Å². The van der Waals surface area contributed by atoms with E-state index in [1.165, 1.54) is 4.90 Å². The second-order valence-electron chi connectivity index (χ2n) is 6.58. The van der Waals surface area contributed by atoms with Gasteiger partial charge in [0.2, 0.25) is 0 Å². The van der Waals surface area contributed by atoms with Crippen LogP contribution in [-0.4, -0.2) is 59.6 Å². The molecule has 0 spiro atoms. The van der Waals surface area contributed by atoms with Gasteiger partial charge in [-0.15, -0.1) is 0 Å². The molecule has 130 valence electrons. The lowest BCUT2D eigenvalue weighted by molar-refractivity contribution is 0.0169. The molecule has 0 bridgehead atoms. The number of carbonyl (C=O) groups is 3. The molecule has 2 rings (SSSR count). The summed E-state index contributed by atoms with van der Waals surface area (Å²) < 4.78 is 5.31. The molecule has 1 aliphatic heterocycles. The maximum absolute atomic E-state index is 12.1. The lowest BCUT2D eigenvalue weighted by atomic mass is 10.2. The Morgan fingerprint density at radius 1 is 0.958 bits per heavy atom. The predicted molar refractivity (Wildman–Crippen MR) is 88.7 cm³/mol. The van der Waals surface area contributed by atoms with Crippen LogP contribution in [0.1, 0.15) is 31.1 Å². The Morgan fingerprint density at radius 2 is 1.50 bits per heavy atom. The van der Waals surface area contributed by atoms with Crippen molar-refractivity contribution in [3.05, 3.63) is 35.9 Å². The van der Waals surface area contributed by atoms with Crippen LogP contribution in [0, 0.1) is 0 Å². The Bertz CT molecular complexity index is 602. The van der Waals surface area contributed by atoms with E-state index in [1.54, 1.807) is 35.2 Å². The van der Waals surface area contributed by atoms with Crippen LogP contribution >= 0.6 is 0 Å². The van der Waals surface area contributed by atoms with Gasteiger partial charge in [-0.1, -0.05) is 18.2 Å². The van der Waals surface area contributed by atoms with E-state index in [0.717, 1.165) is 0 Å². The van der Waals surface area contributed by atoms with Gasteiger partial charge < -0.3 is 14.5 Å². The van der Waals surface area contributed by atoms with Gasteiger partial charge >= 0.3 is 12.1 Å². The highest BCUT2D eigenvalue weighted by atomic mass is 16.6. The van der Waals surface area contributed by atoms with E-state index < -0.39 is 17.5 Å². The number of nitrogens with zero attached hydrogens (tertiary/aromatic N) is 2. The van der Waals surface area contributed by atoms with E-state index in [1.807, 2.05) is 20.8 Å². The normalized spacial score (nSPS) is 15.0. The van der Waals surface area contributed by atoms with Crippen LogP contribution in [0.5, 0.6) is 0 Å². The Kier molecular flexibility index (Phi) is 5.43. The van der Waals surface area contributed by atoms with Gasteiger partial charge in [-0.3, -0.25) is 10.1 Å². The first kappa shape index (κ1) is 17.8. The summed E-state index contributed by atoms with van der Waals surface area (Å²) in [6.45, 7) is 6.89. The predicted octanol–water partition coefficient (Wildman–Crippen LogP) is 2.09. The van der Waals surface area contributed by atoms with E-state index in [4.69, 9.17) is 4.74 Å². The van der Waals surface area contributed by atoms with Crippen molar-refractivity contribution < 1.29 is 19.1 Å². The minimum absolute atomic E-state index is 0.354. The van der Waals surface area contributed by atoms with Crippen LogP contribution in [0.4, 0.5) is 9.59 Å². The molecule has 4 amide bonds. The molecule has 1 aromatic carbocycles. The zero-order chi connectivity index (χ0) is 17.7. The van der Waals surface area contributed by atoms with Crippen LogP contribution < -0.4 is 5.32 Å². The van der Waals surface area contributed by atoms with Crippen LogP contribution in [0.15, 0.2) is 30.3 Å². The van der Waals surface area contributed by atoms with Crippen molar-refractivity contribution in [2.75, 3.05) is 26.2 Å². The molecular weight excluding hydrogens is 310 g/mol. The second-order valence-corrected chi connectivity index (χ2v) is 6.58. The zero-order valence-electron chi connectivity index (χ0n) is 14.2. The largest absolute Gasteiger partial charge is 0.444 e. The van der Waals surface area contributed by atoms with Gasteiger partial charge in [0.15, 0.2) is 0 Å². The summed E-state index contributed by atoms with van der Waals surface area (Å²) in [4.78, 5) is 39.2. The molecule has 7 nitrogen and oxygen atoms in total. The van der Waals surface area contributed by atoms with Crippen LogP contribution in [-0.2, 0) is 4.74 Å². The second kappa shape index (κ2) is 7.33. The highest BCUT2D eigenvalue weighted by Crippen LogP contribution is 2.12. The summed E-state index contributed by atoms with van der Waals surface area (Å²) in [5.74, 6) is -0.435. The minimum Gasteiger partial charge on any atom is -0.444 e. The average Bonchev–Trinajstić information content (AvgIpc) is 2.54. The number of hydrogen-bond acceptors (Lipinski definition) is 4. The molecule has 1 saturated heterocycles. The zero-order valence-corrected chi connectivity index (χ0v) is 14.2. The van der Waals surface area contributed by atoms with Crippen LogP contribution in [0.2, 0.25) is 0 Å². The number of benzene rings is 1. The summed E-state index contributed by atoms with van der Waals surface area (Å²) in [6, 6.07) is 8.10. The number of imide groups is 1. The first-order valence-corrected chi connectivity index (χ1v) is 7.89. The Balaban J connectivity index is 1.82. The SMILES string of the molecule is CC(C)(C)OC(=O)N1CCN(C(=O)NC(=O)c2ccccc2)CC1. The molecule has 1 fully saturated rings. The lowest BCUT2D eigenvalue weighted by Crippen LogP contribution is -2.54. The topological polar surface area (TPSA) is 79.0 Å². The molecule has 7 heteroatoms. The molecule has 1 heterocycles. The van der Waals surface area contributed by atoms with Crippen LogP contribution in [0.25, 0.3) is 0 Å². The van der Waals surface area contributed by atoms with Crippen molar-refractivity contribution in [2.45, 2.75) is 26.4 Å². The smallest absolute Gasteiger partial charge is 0.410 e. The van der Waals surface area contributed by atoms with Crippen molar-refractivity contribution in [3.8, 4) is 0 Å². The summed E-state index contributed by atoms with van der Waals surface area (Å²) in [6.07, 6.45) is -0.386. The number of nitrogens with one attached hydrogen (secondary N) is 1. The third-order valence-corrected chi connectivity index (χ3v) is 3.48. The van der Waals surface area contributed by atoms with Crippen molar-refractivity contribution in [2.24, 2.45) is 0 Å². The molecular formula is C17H23N3O4. The van der Waals surface area contributed by atoms with E-state index in [2.05, 4.69) is 5.32 Å². The van der Waals surface area contributed by atoms with E-state index in [-0.39, 0.29) is 6.09 Å². The Hall–Kier alpha value is -2.57. The molecule has 1 N–H and O–H groups in total. The molecule has 0 radical (unpaired) electrons. The van der Waals surface area contributed by atoms with Gasteiger partial charge in [0.05, 0.1) is 0 Å². The molecule has 0 atom stereocenters. The lowest BCUT2D eigenvalue weighted by Gasteiger charge is -2.35. The molecule has 0 unspecified atom stereocenters. The molecule has 24 heavy (non-hydrogen) atoms. The van der Waals surface area contributed by atoms with Gasteiger partial charge in [0.1, 0.15) is 5.60 Å². The third-order valence-electron chi connectivity index (χ3n) is 3.48. The van der Waals surface area contributed by atoms with Crippen molar-refractivity contribution in [3.63, 3.8) is 0 Å². The number of hydrogen-bond donors (Lipinski definition) is 1. The number of carbonyl (C=O) groups excluding carboxylic acids is 3. The van der Waals surface area contributed by atoms with Crippen molar-refractivity contribution in [1.29, 1.82) is 0 Å². The van der Waals surface area contributed by atoms with E-state index in [9.17, 15) is 14.4 Å². The molecule has 1 aliphatic rings. The average molecular weight is 333 g/mol. The summed E-state index contributed by atoms with van der Waals surface area (Å²) >= 11 is 0. The first-order chi connectivity index (χ1) is 11.3. The molecule has 0 aromatic heterocycles. The fourth-order valence-electron chi connectivity index (χ4n) is 2.26.